The molecule has 12 heavy (non-hydrogen) atoms. The first-order chi connectivity index (χ1) is 5.74. The van der Waals surface area contributed by atoms with Gasteiger partial charge >= 0.3 is 0 Å². The van der Waals surface area contributed by atoms with Crippen molar-refractivity contribution in [1.82, 2.24) is 0 Å². The lowest BCUT2D eigenvalue weighted by molar-refractivity contribution is 0.986. The van der Waals surface area contributed by atoms with E-state index in [1.165, 1.54) is 5.56 Å². The zero-order valence-electron chi connectivity index (χ0n) is 7.72. The Morgan fingerprint density at radius 1 is 1.42 bits per heavy atom. The Bertz CT molecular complexity index is 276. The summed E-state index contributed by atoms with van der Waals surface area (Å²) in [5.41, 5.74) is 3.05. The van der Waals surface area contributed by atoms with Crippen LogP contribution in [-0.2, 0) is 0 Å². The van der Waals surface area contributed by atoms with Crippen molar-refractivity contribution < 1.29 is 0 Å². The van der Waals surface area contributed by atoms with Gasteiger partial charge in [0.1, 0.15) is 0 Å². The molecular formula is C11H15N. The maximum Gasteiger partial charge on any atom is 0.0386 e. The van der Waals surface area contributed by atoms with Gasteiger partial charge in [-0.1, -0.05) is 43.2 Å². The molecule has 0 amide bonds. The van der Waals surface area contributed by atoms with Crippen molar-refractivity contribution in [3.8, 4) is 0 Å². The molecular weight excluding hydrogens is 146 g/mol. The summed E-state index contributed by atoms with van der Waals surface area (Å²) >= 11 is 0. The predicted octanol–water partition coefficient (Wildman–Crippen LogP) is 3.16. The number of aryl methyl sites for hydroxylation is 1. The number of rotatable bonds is 3. The molecule has 0 aliphatic carbocycles. The summed E-state index contributed by atoms with van der Waals surface area (Å²) in [6.07, 6.45) is 1.93. The van der Waals surface area contributed by atoms with Crippen LogP contribution in [0.15, 0.2) is 24.3 Å². The van der Waals surface area contributed by atoms with Gasteiger partial charge in [0.05, 0.1) is 0 Å². The molecule has 0 atom stereocenters. The van der Waals surface area contributed by atoms with Gasteiger partial charge in [0, 0.05) is 5.71 Å². The van der Waals surface area contributed by atoms with Crippen molar-refractivity contribution in [1.29, 1.82) is 5.41 Å². The van der Waals surface area contributed by atoms with E-state index in [-0.39, 0.29) is 0 Å². The zero-order valence-corrected chi connectivity index (χ0v) is 7.72. The molecule has 1 heteroatoms. The summed E-state index contributed by atoms with van der Waals surface area (Å²) < 4.78 is 0. The fourth-order valence-corrected chi connectivity index (χ4v) is 1.23. The van der Waals surface area contributed by atoms with E-state index in [2.05, 4.69) is 26.0 Å². The third-order valence-electron chi connectivity index (χ3n) is 1.87. The van der Waals surface area contributed by atoms with Crippen molar-refractivity contribution in [2.75, 3.05) is 0 Å². The maximum absolute atomic E-state index is 7.73. The highest BCUT2D eigenvalue weighted by molar-refractivity contribution is 5.98. The summed E-state index contributed by atoms with van der Waals surface area (Å²) in [6, 6.07) is 8.14. The van der Waals surface area contributed by atoms with Gasteiger partial charge in [0.15, 0.2) is 0 Å². The van der Waals surface area contributed by atoms with Crippen LogP contribution in [0.3, 0.4) is 0 Å². The molecule has 0 spiro atoms. The van der Waals surface area contributed by atoms with Gasteiger partial charge in [-0.3, -0.25) is 0 Å². The van der Waals surface area contributed by atoms with E-state index in [0.29, 0.717) is 0 Å². The first-order valence-electron chi connectivity index (χ1n) is 4.38. The third kappa shape index (κ3) is 2.19. The van der Waals surface area contributed by atoms with Gasteiger partial charge < -0.3 is 5.41 Å². The van der Waals surface area contributed by atoms with Crippen LogP contribution in [0.1, 0.15) is 30.9 Å². The molecule has 0 aromatic heterocycles. The SMILES string of the molecule is CCCC(=N)c1cccc(C)c1. The zero-order chi connectivity index (χ0) is 8.97. The molecule has 64 valence electrons. The lowest BCUT2D eigenvalue weighted by atomic mass is 10.0. The van der Waals surface area contributed by atoms with E-state index in [4.69, 9.17) is 5.41 Å². The summed E-state index contributed by atoms with van der Waals surface area (Å²) in [6.45, 7) is 4.16. The molecule has 1 rings (SSSR count). The molecule has 1 aromatic carbocycles. The highest BCUT2D eigenvalue weighted by atomic mass is 14.4. The number of hydrogen-bond donors (Lipinski definition) is 1. The Balaban J connectivity index is 2.81. The van der Waals surface area contributed by atoms with Crippen LogP contribution in [-0.4, -0.2) is 5.71 Å². The van der Waals surface area contributed by atoms with Gasteiger partial charge in [0.25, 0.3) is 0 Å². The predicted molar refractivity (Wildman–Crippen MR) is 52.9 cm³/mol. The van der Waals surface area contributed by atoms with E-state index in [9.17, 15) is 0 Å². The first-order valence-corrected chi connectivity index (χ1v) is 4.38. The van der Waals surface area contributed by atoms with E-state index in [1.54, 1.807) is 0 Å². The molecule has 0 bridgehead atoms. The van der Waals surface area contributed by atoms with Crippen LogP contribution >= 0.6 is 0 Å². The molecule has 0 unspecified atom stereocenters. The molecule has 0 aliphatic heterocycles. The number of benzene rings is 1. The standard InChI is InChI=1S/C11H15N/c1-3-5-11(12)10-7-4-6-9(2)8-10/h4,6-8,12H,3,5H2,1-2H3. The third-order valence-corrected chi connectivity index (χ3v) is 1.87. The van der Waals surface area contributed by atoms with Gasteiger partial charge in [-0.15, -0.1) is 0 Å². The van der Waals surface area contributed by atoms with Gasteiger partial charge in [-0.25, -0.2) is 0 Å². The Labute approximate surface area is 73.9 Å². The van der Waals surface area contributed by atoms with E-state index < -0.39 is 0 Å². The largest absolute Gasteiger partial charge is 0.305 e. The topological polar surface area (TPSA) is 23.9 Å². The van der Waals surface area contributed by atoms with Crippen molar-refractivity contribution in [3.05, 3.63) is 35.4 Å². The van der Waals surface area contributed by atoms with E-state index in [0.717, 1.165) is 24.1 Å². The van der Waals surface area contributed by atoms with Crippen LogP contribution in [0, 0.1) is 12.3 Å². The van der Waals surface area contributed by atoms with Crippen molar-refractivity contribution >= 4 is 5.71 Å². The molecule has 0 radical (unpaired) electrons. The molecule has 1 aromatic rings. The summed E-state index contributed by atoms with van der Waals surface area (Å²) in [4.78, 5) is 0. The van der Waals surface area contributed by atoms with Crippen LogP contribution in [0.2, 0.25) is 0 Å². The first kappa shape index (κ1) is 8.98. The van der Waals surface area contributed by atoms with Gasteiger partial charge in [-0.05, 0) is 18.9 Å². The van der Waals surface area contributed by atoms with Gasteiger partial charge in [0.2, 0.25) is 0 Å². The number of hydrogen-bond acceptors (Lipinski definition) is 1. The van der Waals surface area contributed by atoms with Crippen LogP contribution < -0.4 is 0 Å². The Hall–Kier alpha value is -1.11. The fourth-order valence-electron chi connectivity index (χ4n) is 1.23. The van der Waals surface area contributed by atoms with E-state index in [1.807, 2.05) is 12.1 Å². The molecule has 0 fully saturated rings. The smallest absolute Gasteiger partial charge is 0.0386 e. The molecule has 1 nitrogen and oxygen atoms in total. The number of nitrogens with one attached hydrogen (secondary N) is 1. The molecule has 0 heterocycles. The molecule has 0 saturated heterocycles. The van der Waals surface area contributed by atoms with E-state index >= 15 is 0 Å². The normalized spacial score (nSPS) is 9.83. The Morgan fingerprint density at radius 2 is 2.17 bits per heavy atom. The van der Waals surface area contributed by atoms with Gasteiger partial charge in [-0.2, -0.15) is 0 Å². The Morgan fingerprint density at radius 3 is 2.75 bits per heavy atom. The van der Waals surface area contributed by atoms with Crippen LogP contribution in [0.25, 0.3) is 0 Å². The highest BCUT2D eigenvalue weighted by Gasteiger charge is 1.98. The van der Waals surface area contributed by atoms with Crippen molar-refractivity contribution in [3.63, 3.8) is 0 Å². The second kappa shape index (κ2) is 4.05. The maximum atomic E-state index is 7.73. The minimum atomic E-state index is 0.751. The fraction of sp³-hybridized carbons (Fsp3) is 0.364. The van der Waals surface area contributed by atoms with Crippen molar-refractivity contribution in [2.24, 2.45) is 0 Å². The highest BCUT2D eigenvalue weighted by Crippen LogP contribution is 2.07. The monoisotopic (exact) mass is 161 g/mol. The molecule has 1 N–H and O–H groups in total. The second-order valence-corrected chi connectivity index (χ2v) is 3.10. The quantitative estimate of drug-likeness (QED) is 0.658. The molecule has 0 saturated carbocycles. The summed E-state index contributed by atoms with van der Waals surface area (Å²) in [5, 5.41) is 7.73. The summed E-state index contributed by atoms with van der Waals surface area (Å²) in [5.74, 6) is 0. The second-order valence-electron chi connectivity index (χ2n) is 3.10. The minimum absolute atomic E-state index is 0.751. The molecule has 0 aliphatic rings. The lowest BCUT2D eigenvalue weighted by Crippen LogP contribution is -1.97. The average molecular weight is 161 g/mol. The minimum Gasteiger partial charge on any atom is -0.305 e. The van der Waals surface area contributed by atoms with Crippen molar-refractivity contribution in [2.45, 2.75) is 26.7 Å². The summed E-state index contributed by atoms with van der Waals surface area (Å²) in [7, 11) is 0. The average Bonchev–Trinajstić information content (AvgIpc) is 2.05. The lowest BCUT2D eigenvalue weighted by Gasteiger charge is -2.02. The Kier molecular flexibility index (Phi) is 3.03. The van der Waals surface area contributed by atoms with Crippen LogP contribution in [0.4, 0.5) is 0 Å². The van der Waals surface area contributed by atoms with Crippen LogP contribution in [0.5, 0.6) is 0 Å².